The summed E-state index contributed by atoms with van der Waals surface area (Å²) < 4.78 is 11.0. The minimum absolute atomic E-state index is 0.115. The third-order valence-corrected chi connectivity index (χ3v) is 3.14. The van der Waals surface area contributed by atoms with Crippen LogP contribution in [-0.4, -0.2) is 19.0 Å². The summed E-state index contributed by atoms with van der Waals surface area (Å²) in [7, 11) is 1.40. The summed E-state index contributed by atoms with van der Waals surface area (Å²) in [6.07, 6.45) is 0. The number of carbonyl (C=O) groups excluding carboxylic acids is 1. The van der Waals surface area contributed by atoms with E-state index in [0.29, 0.717) is 12.2 Å². The highest BCUT2D eigenvalue weighted by Gasteiger charge is 2.14. The SMILES string of the molecule is CO/N=C(/OC(C)=O)c1ccccc1COc1ccccc1C. The summed E-state index contributed by atoms with van der Waals surface area (Å²) in [6, 6.07) is 15.2. The lowest BCUT2D eigenvalue weighted by atomic mass is 10.1. The van der Waals surface area contributed by atoms with Gasteiger partial charge in [-0.15, -0.1) is 0 Å². The lowest BCUT2D eigenvalue weighted by Gasteiger charge is -2.13. The molecular weight excluding hydrogens is 294 g/mol. The fourth-order valence-electron chi connectivity index (χ4n) is 2.07. The standard InChI is InChI=1S/C18H19NO4/c1-13-8-4-7-11-17(13)22-12-15-9-5-6-10-16(15)18(19-21-3)23-14(2)20/h4-11H,12H2,1-3H3/b19-18+. The van der Waals surface area contributed by atoms with Crippen LogP contribution in [-0.2, 0) is 21.0 Å². The van der Waals surface area contributed by atoms with Crippen molar-refractivity contribution in [3.8, 4) is 5.75 Å². The summed E-state index contributed by atoms with van der Waals surface area (Å²) in [5.74, 6) is 0.458. The molecule has 0 amide bonds. The Labute approximate surface area is 135 Å². The third-order valence-electron chi connectivity index (χ3n) is 3.14. The maximum absolute atomic E-state index is 11.2. The Hall–Kier alpha value is -2.82. The molecule has 2 aromatic rings. The van der Waals surface area contributed by atoms with Crippen LogP contribution in [0.5, 0.6) is 5.75 Å². The number of ether oxygens (including phenoxy) is 2. The second kappa shape index (κ2) is 7.98. The van der Waals surface area contributed by atoms with E-state index in [4.69, 9.17) is 14.3 Å². The van der Waals surface area contributed by atoms with Crippen LogP contribution in [0.1, 0.15) is 23.6 Å². The van der Waals surface area contributed by atoms with Crippen molar-refractivity contribution in [2.45, 2.75) is 20.5 Å². The van der Waals surface area contributed by atoms with E-state index in [1.54, 1.807) is 6.07 Å². The fourth-order valence-corrected chi connectivity index (χ4v) is 2.07. The molecule has 0 saturated heterocycles. The quantitative estimate of drug-likeness (QED) is 0.367. The number of para-hydroxylation sites is 1. The van der Waals surface area contributed by atoms with Crippen molar-refractivity contribution in [2.24, 2.45) is 5.16 Å². The molecular formula is C18H19NO4. The highest BCUT2D eigenvalue weighted by molar-refractivity contribution is 6.00. The van der Waals surface area contributed by atoms with Crippen LogP contribution >= 0.6 is 0 Å². The smallest absolute Gasteiger partial charge is 0.309 e. The Morgan fingerprint density at radius 2 is 1.78 bits per heavy atom. The van der Waals surface area contributed by atoms with Gasteiger partial charge in [0.15, 0.2) is 0 Å². The van der Waals surface area contributed by atoms with Gasteiger partial charge in [0.05, 0.1) is 0 Å². The van der Waals surface area contributed by atoms with Gasteiger partial charge in [0.2, 0.25) is 0 Å². The van der Waals surface area contributed by atoms with E-state index >= 15 is 0 Å². The fraction of sp³-hybridized carbons (Fsp3) is 0.222. The Balaban J connectivity index is 2.24. The topological polar surface area (TPSA) is 57.1 Å². The molecule has 5 nitrogen and oxygen atoms in total. The van der Waals surface area contributed by atoms with Crippen molar-refractivity contribution in [3.05, 3.63) is 65.2 Å². The van der Waals surface area contributed by atoms with Gasteiger partial charge < -0.3 is 14.3 Å². The summed E-state index contributed by atoms with van der Waals surface area (Å²) in [4.78, 5) is 16.0. The van der Waals surface area contributed by atoms with Gasteiger partial charge in [0, 0.05) is 18.1 Å². The zero-order chi connectivity index (χ0) is 16.7. The molecule has 0 bridgehead atoms. The molecule has 2 rings (SSSR count). The average Bonchev–Trinajstić information content (AvgIpc) is 2.54. The van der Waals surface area contributed by atoms with Crippen LogP contribution in [0.4, 0.5) is 0 Å². The first-order valence-corrected chi connectivity index (χ1v) is 7.18. The molecule has 0 N–H and O–H groups in total. The molecule has 5 heteroatoms. The lowest BCUT2D eigenvalue weighted by molar-refractivity contribution is -0.133. The number of nitrogens with zero attached hydrogens (tertiary/aromatic N) is 1. The molecule has 120 valence electrons. The third kappa shape index (κ3) is 4.57. The molecule has 0 aliphatic heterocycles. The number of rotatable bonds is 5. The van der Waals surface area contributed by atoms with Crippen molar-refractivity contribution in [1.29, 1.82) is 0 Å². The zero-order valence-electron chi connectivity index (χ0n) is 13.4. The normalized spacial score (nSPS) is 11.0. The number of hydrogen-bond acceptors (Lipinski definition) is 5. The van der Waals surface area contributed by atoms with Gasteiger partial charge in [-0.3, -0.25) is 4.79 Å². The van der Waals surface area contributed by atoms with E-state index in [1.807, 2.05) is 49.4 Å². The Kier molecular flexibility index (Phi) is 5.74. The molecule has 0 heterocycles. The van der Waals surface area contributed by atoms with Crippen LogP contribution in [0, 0.1) is 6.92 Å². The molecule has 0 saturated carbocycles. The van der Waals surface area contributed by atoms with Gasteiger partial charge in [-0.2, -0.15) is 0 Å². The molecule has 23 heavy (non-hydrogen) atoms. The molecule has 0 aliphatic carbocycles. The maximum Gasteiger partial charge on any atom is 0.309 e. The number of aryl methyl sites for hydroxylation is 1. The first-order chi connectivity index (χ1) is 11.1. The largest absolute Gasteiger partial charge is 0.489 e. The second-order valence-electron chi connectivity index (χ2n) is 4.88. The Morgan fingerprint density at radius 1 is 1.09 bits per heavy atom. The minimum Gasteiger partial charge on any atom is -0.489 e. The maximum atomic E-state index is 11.2. The Bertz CT molecular complexity index is 710. The van der Waals surface area contributed by atoms with E-state index in [0.717, 1.165) is 16.9 Å². The number of oxime groups is 1. The summed E-state index contributed by atoms with van der Waals surface area (Å²) in [5, 5.41) is 3.79. The number of carbonyl (C=O) groups is 1. The van der Waals surface area contributed by atoms with E-state index in [9.17, 15) is 4.79 Å². The van der Waals surface area contributed by atoms with Crippen LogP contribution in [0.3, 0.4) is 0 Å². The lowest BCUT2D eigenvalue weighted by Crippen LogP contribution is -2.14. The second-order valence-corrected chi connectivity index (χ2v) is 4.88. The van der Waals surface area contributed by atoms with Crippen molar-refractivity contribution in [2.75, 3.05) is 7.11 Å². The van der Waals surface area contributed by atoms with Gasteiger partial charge in [-0.25, -0.2) is 0 Å². The summed E-state index contributed by atoms with van der Waals surface area (Å²) >= 11 is 0. The van der Waals surface area contributed by atoms with Crippen molar-refractivity contribution in [1.82, 2.24) is 0 Å². The number of benzene rings is 2. The van der Waals surface area contributed by atoms with Gasteiger partial charge in [-0.05, 0) is 29.8 Å². The molecule has 0 spiro atoms. The van der Waals surface area contributed by atoms with Gasteiger partial charge in [0.1, 0.15) is 19.5 Å². The molecule has 0 aromatic heterocycles. The summed E-state index contributed by atoms with van der Waals surface area (Å²) in [5.41, 5.74) is 2.54. The van der Waals surface area contributed by atoms with Gasteiger partial charge in [-0.1, -0.05) is 36.4 Å². The van der Waals surface area contributed by atoms with Crippen molar-refractivity contribution in [3.63, 3.8) is 0 Å². The first-order valence-electron chi connectivity index (χ1n) is 7.18. The summed E-state index contributed by atoms with van der Waals surface area (Å²) in [6.45, 7) is 3.63. The predicted molar refractivity (Wildman–Crippen MR) is 87.3 cm³/mol. The molecule has 0 aliphatic rings. The number of esters is 1. The molecule has 0 radical (unpaired) electrons. The highest BCUT2D eigenvalue weighted by atomic mass is 16.6. The molecule has 0 unspecified atom stereocenters. The average molecular weight is 313 g/mol. The monoisotopic (exact) mass is 313 g/mol. The van der Waals surface area contributed by atoms with E-state index in [2.05, 4.69) is 5.16 Å². The minimum atomic E-state index is -0.463. The van der Waals surface area contributed by atoms with E-state index in [1.165, 1.54) is 14.0 Å². The highest BCUT2D eigenvalue weighted by Crippen LogP contribution is 2.19. The van der Waals surface area contributed by atoms with Gasteiger partial charge >= 0.3 is 5.97 Å². The van der Waals surface area contributed by atoms with Crippen LogP contribution in [0.25, 0.3) is 0 Å². The van der Waals surface area contributed by atoms with E-state index < -0.39 is 5.97 Å². The first kappa shape index (κ1) is 16.5. The van der Waals surface area contributed by atoms with Crippen LogP contribution in [0.15, 0.2) is 53.7 Å². The number of hydrogen-bond donors (Lipinski definition) is 0. The zero-order valence-corrected chi connectivity index (χ0v) is 13.4. The predicted octanol–water partition coefficient (Wildman–Crippen LogP) is 3.45. The molecule has 0 fully saturated rings. The Morgan fingerprint density at radius 3 is 2.48 bits per heavy atom. The van der Waals surface area contributed by atoms with Crippen molar-refractivity contribution >= 4 is 11.9 Å². The van der Waals surface area contributed by atoms with Crippen LogP contribution < -0.4 is 4.74 Å². The van der Waals surface area contributed by atoms with Crippen LogP contribution in [0.2, 0.25) is 0 Å². The van der Waals surface area contributed by atoms with Crippen molar-refractivity contribution < 1.29 is 19.1 Å². The van der Waals surface area contributed by atoms with E-state index in [-0.39, 0.29) is 5.90 Å². The molecule has 2 aromatic carbocycles. The van der Waals surface area contributed by atoms with Gasteiger partial charge in [0.25, 0.3) is 5.90 Å². The molecule has 0 atom stereocenters.